The summed E-state index contributed by atoms with van der Waals surface area (Å²) in [6.45, 7) is 0. The van der Waals surface area contributed by atoms with Crippen LogP contribution in [0.5, 0.6) is 11.5 Å². The Balaban J connectivity index is 1.43. The lowest BCUT2D eigenvalue weighted by Crippen LogP contribution is -2.31. The molecule has 1 aliphatic rings. The van der Waals surface area contributed by atoms with Gasteiger partial charge in [-0.05, 0) is 48.0 Å². The highest BCUT2D eigenvalue weighted by Gasteiger charge is 2.29. The number of halogens is 1. The zero-order chi connectivity index (χ0) is 18.1. The summed E-state index contributed by atoms with van der Waals surface area (Å²) in [5.41, 5.74) is 2.70. The molecule has 0 saturated heterocycles. The molecular formula is C19H15ClN2O3S. The van der Waals surface area contributed by atoms with Crippen molar-refractivity contribution in [2.75, 3.05) is 12.4 Å². The molecule has 2 heterocycles. The number of nitrogens with zero attached hydrogens (tertiary/aromatic N) is 1. The van der Waals surface area contributed by atoms with E-state index in [2.05, 4.69) is 10.3 Å². The Labute approximate surface area is 159 Å². The number of amides is 1. The quantitative estimate of drug-likeness (QED) is 0.721. The van der Waals surface area contributed by atoms with Crippen molar-refractivity contribution in [3.05, 3.63) is 58.4 Å². The number of fused-ring (bicyclic) bond motifs is 1. The highest BCUT2D eigenvalue weighted by molar-refractivity contribution is 7.14. The molecule has 0 fully saturated rings. The lowest BCUT2D eigenvalue weighted by atomic mass is 10.1. The van der Waals surface area contributed by atoms with Crippen molar-refractivity contribution in [1.82, 2.24) is 4.98 Å². The van der Waals surface area contributed by atoms with E-state index in [0.717, 1.165) is 22.6 Å². The van der Waals surface area contributed by atoms with Crippen LogP contribution in [0.3, 0.4) is 0 Å². The van der Waals surface area contributed by atoms with Crippen molar-refractivity contribution >= 4 is 34.0 Å². The summed E-state index contributed by atoms with van der Waals surface area (Å²) in [6, 6.07) is 13.0. The molecule has 1 unspecified atom stereocenters. The summed E-state index contributed by atoms with van der Waals surface area (Å²) < 4.78 is 10.9. The second-order valence-corrected chi connectivity index (χ2v) is 7.11. The lowest BCUT2D eigenvalue weighted by Gasteiger charge is -2.09. The molecular weight excluding hydrogens is 372 g/mol. The zero-order valence-electron chi connectivity index (χ0n) is 13.9. The highest BCUT2D eigenvalue weighted by Crippen LogP contribution is 2.32. The fourth-order valence-electron chi connectivity index (χ4n) is 2.77. The Morgan fingerprint density at radius 3 is 2.88 bits per heavy atom. The van der Waals surface area contributed by atoms with Gasteiger partial charge in [0.2, 0.25) is 0 Å². The lowest BCUT2D eigenvalue weighted by molar-refractivity contribution is -0.122. The zero-order valence-corrected chi connectivity index (χ0v) is 15.4. The molecule has 0 bridgehead atoms. The van der Waals surface area contributed by atoms with E-state index in [1.807, 2.05) is 35.7 Å². The minimum absolute atomic E-state index is 0.215. The van der Waals surface area contributed by atoms with Crippen molar-refractivity contribution in [3.8, 4) is 22.8 Å². The van der Waals surface area contributed by atoms with E-state index in [0.29, 0.717) is 22.3 Å². The number of hydrogen-bond donors (Lipinski definition) is 1. The minimum atomic E-state index is -0.572. The number of nitrogens with one attached hydrogen (secondary N) is 1. The van der Waals surface area contributed by atoms with Crippen LogP contribution in [0, 0.1) is 0 Å². The van der Waals surface area contributed by atoms with Crippen molar-refractivity contribution in [2.45, 2.75) is 12.5 Å². The Morgan fingerprint density at radius 2 is 2.12 bits per heavy atom. The molecule has 132 valence electrons. The minimum Gasteiger partial charge on any atom is -0.497 e. The number of ether oxygens (including phenoxy) is 2. The van der Waals surface area contributed by atoms with Crippen LogP contribution in [0.1, 0.15) is 5.56 Å². The molecule has 1 amide bonds. The topological polar surface area (TPSA) is 60.5 Å². The standard InChI is InChI=1S/C19H15ClN2O3S/c1-24-14-5-2-11(3-6-14)15-10-26-19(21-15)22-18(23)17-9-12-8-13(20)4-7-16(12)25-17/h2-8,10,17H,9H2,1H3,(H,21,22,23). The Bertz CT molecular complexity index is 956. The maximum atomic E-state index is 12.5. The first kappa shape index (κ1) is 16.9. The maximum Gasteiger partial charge on any atom is 0.267 e. The van der Waals surface area contributed by atoms with Crippen LogP contribution in [0.4, 0.5) is 5.13 Å². The number of thiazole rings is 1. The molecule has 0 aliphatic carbocycles. The van der Waals surface area contributed by atoms with Gasteiger partial charge in [0.15, 0.2) is 11.2 Å². The Kier molecular flexibility index (Phi) is 4.53. The smallest absolute Gasteiger partial charge is 0.267 e. The van der Waals surface area contributed by atoms with Crippen molar-refractivity contribution in [3.63, 3.8) is 0 Å². The Morgan fingerprint density at radius 1 is 1.31 bits per heavy atom. The third-order valence-corrected chi connectivity index (χ3v) is 5.10. The number of anilines is 1. The van der Waals surface area contributed by atoms with Crippen LogP contribution in [0.15, 0.2) is 47.8 Å². The number of carbonyl (C=O) groups excluding carboxylic acids is 1. The number of aromatic nitrogens is 1. The summed E-state index contributed by atoms with van der Waals surface area (Å²) in [5, 5.41) is 5.91. The first-order chi connectivity index (χ1) is 12.6. The first-order valence-corrected chi connectivity index (χ1v) is 9.24. The van der Waals surface area contributed by atoms with Gasteiger partial charge in [0.1, 0.15) is 11.5 Å². The molecule has 0 radical (unpaired) electrons. The van der Waals surface area contributed by atoms with Gasteiger partial charge in [0.05, 0.1) is 12.8 Å². The van der Waals surface area contributed by atoms with Gasteiger partial charge in [-0.1, -0.05) is 11.6 Å². The third-order valence-electron chi connectivity index (χ3n) is 4.11. The van der Waals surface area contributed by atoms with Crippen molar-refractivity contribution in [1.29, 1.82) is 0 Å². The van der Waals surface area contributed by atoms with Crippen molar-refractivity contribution < 1.29 is 14.3 Å². The van der Waals surface area contributed by atoms with Crippen LogP contribution in [-0.4, -0.2) is 24.1 Å². The van der Waals surface area contributed by atoms with Gasteiger partial charge in [0, 0.05) is 22.4 Å². The number of carbonyl (C=O) groups is 1. The van der Waals surface area contributed by atoms with Crippen LogP contribution in [0.25, 0.3) is 11.3 Å². The summed E-state index contributed by atoms with van der Waals surface area (Å²) >= 11 is 7.36. The molecule has 1 atom stereocenters. The molecule has 3 aromatic rings. The molecule has 7 heteroatoms. The molecule has 5 nitrogen and oxygen atoms in total. The van der Waals surface area contributed by atoms with Crippen LogP contribution >= 0.6 is 22.9 Å². The van der Waals surface area contributed by atoms with E-state index in [9.17, 15) is 4.79 Å². The van der Waals surface area contributed by atoms with Crippen LogP contribution < -0.4 is 14.8 Å². The molecule has 1 aliphatic heterocycles. The van der Waals surface area contributed by atoms with E-state index >= 15 is 0 Å². The fourth-order valence-corrected chi connectivity index (χ4v) is 3.69. The number of methoxy groups -OCH3 is 1. The number of benzene rings is 2. The predicted octanol–water partition coefficient (Wildman–Crippen LogP) is 4.41. The SMILES string of the molecule is COc1ccc(-c2csc(NC(=O)C3Cc4cc(Cl)ccc4O3)n2)cc1. The molecule has 2 aromatic carbocycles. The van der Waals surface area contributed by atoms with E-state index in [4.69, 9.17) is 21.1 Å². The van der Waals surface area contributed by atoms with Crippen molar-refractivity contribution in [2.24, 2.45) is 0 Å². The predicted molar refractivity (Wildman–Crippen MR) is 102 cm³/mol. The van der Waals surface area contributed by atoms with Gasteiger partial charge < -0.3 is 9.47 Å². The third kappa shape index (κ3) is 3.38. The van der Waals surface area contributed by atoms with Crippen LogP contribution in [-0.2, 0) is 11.2 Å². The maximum absolute atomic E-state index is 12.5. The average molecular weight is 387 g/mol. The Hall–Kier alpha value is -2.57. The monoisotopic (exact) mass is 386 g/mol. The fraction of sp³-hybridized carbons (Fsp3) is 0.158. The van der Waals surface area contributed by atoms with E-state index in [1.54, 1.807) is 19.2 Å². The van der Waals surface area contributed by atoms with E-state index < -0.39 is 6.10 Å². The van der Waals surface area contributed by atoms with Gasteiger partial charge in [-0.25, -0.2) is 4.98 Å². The molecule has 0 saturated carbocycles. The van der Waals surface area contributed by atoms with E-state index in [-0.39, 0.29) is 5.91 Å². The summed E-state index contributed by atoms with van der Waals surface area (Å²) in [7, 11) is 1.63. The van der Waals surface area contributed by atoms with Gasteiger partial charge in [-0.3, -0.25) is 10.1 Å². The van der Waals surface area contributed by atoms with E-state index in [1.165, 1.54) is 11.3 Å². The second-order valence-electron chi connectivity index (χ2n) is 5.82. The molecule has 4 rings (SSSR count). The largest absolute Gasteiger partial charge is 0.497 e. The summed E-state index contributed by atoms with van der Waals surface area (Å²) in [4.78, 5) is 17.0. The average Bonchev–Trinajstić information content (AvgIpc) is 3.28. The second kappa shape index (κ2) is 6.97. The van der Waals surface area contributed by atoms with Gasteiger partial charge in [-0.15, -0.1) is 11.3 Å². The number of rotatable bonds is 4. The van der Waals surface area contributed by atoms with Gasteiger partial charge in [0.25, 0.3) is 5.91 Å². The first-order valence-electron chi connectivity index (χ1n) is 7.98. The van der Waals surface area contributed by atoms with Crippen LogP contribution in [0.2, 0.25) is 5.02 Å². The normalized spacial score (nSPS) is 15.2. The molecule has 1 aromatic heterocycles. The molecule has 1 N–H and O–H groups in total. The molecule has 26 heavy (non-hydrogen) atoms. The number of hydrogen-bond acceptors (Lipinski definition) is 5. The molecule has 0 spiro atoms. The van der Waals surface area contributed by atoms with Gasteiger partial charge in [-0.2, -0.15) is 0 Å². The highest BCUT2D eigenvalue weighted by atomic mass is 35.5. The summed E-state index contributed by atoms with van der Waals surface area (Å²) in [5.74, 6) is 1.27. The summed E-state index contributed by atoms with van der Waals surface area (Å²) in [6.07, 6.45) is -0.0740. The van der Waals surface area contributed by atoms with Gasteiger partial charge >= 0.3 is 0 Å².